The Labute approximate surface area is 162 Å². The van der Waals surface area contributed by atoms with Crippen molar-refractivity contribution in [3.63, 3.8) is 0 Å². The van der Waals surface area contributed by atoms with Crippen molar-refractivity contribution in [2.75, 3.05) is 26.8 Å². The fourth-order valence-electron chi connectivity index (χ4n) is 2.59. The first-order chi connectivity index (χ1) is 12.7. The molecule has 1 aromatic rings. The van der Waals surface area contributed by atoms with Crippen LogP contribution >= 0.6 is 0 Å². The van der Waals surface area contributed by atoms with Gasteiger partial charge >= 0.3 is 5.97 Å². The zero-order valence-electron chi connectivity index (χ0n) is 17.4. The Morgan fingerprint density at radius 3 is 2.15 bits per heavy atom. The van der Waals surface area contributed by atoms with E-state index in [0.29, 0.717) is 31.7 Å². The summed E-state index contributed by atoms with van der Waals surface area (Å²) in [4.78, 5) is 26.4. The van der Waals surface area contributed by atoms with Crippen molar-refractivity contribution < 1.29 is 23.8 Å². The Hall–Kier alpha value is -2.08. The quantitative estimate of drug-likeness (QED) is 0.435. The lowest BCUT2D eigenvalue weighted by atomic mass is 10.1. The van der Waals surface area contributed by atoms with Gasteiger partial charge < -0.3 is 19.1 Å². The third kappa shape index (κ3) is 8.43. The van der Waals surface area contributed by atoms with Crippen molar-refractivity contribution >= 4 is 11.9 Å². The monoisotopic (exact) mass is 379 g/mol. The molecule has 0 fully saturated rings. The molecule has 0 N–H and O–H groups in total. The number of hydrogen-bond acceptors (Lipinski definition) is 5. The van der Waals surface area contributed by atoms with Crippen molar-refractivity contribution in [1.29, 1.82) is 0 Å². The Morgan fingerprint density at radius 1 is 1.00 bits per heavy atom. The molecule has 6 heteroatoms. The Bertz CT molecular complexity index is 583. The first-order valence-corrected chi connectivity index (χ1v) is 9.50. The lowest BCUT2D eigenvalue weighted by molar-refractivity contribution is -0.145. The molecule has 0 aliphatic rings. The van der Waals surface area contributed by atoms with Gasteiger partial charge in [0.25, 0.3) is 5.91 Å². The highest BCUT2D eigenvalue weighted by molar-refractivity contribution is 5.94. The van der Waals surface area contributed by atoms with E-state index in [0.717, 1.165) is 5.75 Å². The Kier molecular flexibility index (Phi) is 9.86. The van der Waals surface area contributed by atoms with E-state index in [9.17, 15) is 9.59 Å². The standard InChI is InChI=1S/C21H33NO5/c1-15(2)26-13-7-12-22(14-17(5)21(24)25-6)20(23)18-8-10-19(11-9-18)27-16(3)4/h8-11,15-17H,7,12-14H2,1-6H3. The van der Waals surface area contributed by atoms with Gasteiger partial charge in [-0.1, -0.05) is 6.92 Å². The van der Waals surface area contributed by atoms with Crippen LogP contribution in [0.3, 0.4) is 0 Å². The van der Waals surface area contributed by atoms with Crippen LogP contribution in [0.25, 0.3) is 0 Å². The first-order valence-electron chi connectivity index (χ1n) is 9.50. The first kappa shape index (κ1) is 23.0. The van der Waals surface area contributed by atoms with E-state index in [4.69, 9.17) is 14.2 Å². The maximum atomic E-state index is 12.9. The number of methoxy groups -OCH3 is 1. The molecule has 27 heavy (non-hydrogen) atoms. The topological polar surface area (TPSA) is 65.1 Å². The molecule has 0 aliphatic heterocycles. The van der Waals surface area contributed by atoms with Gasteiger partial charge in [-0.3, -0.25) is 9.59 Å². The van der Waals surface area contributed by atoms with Gasteiger partial charge in [-0.05, 0) is 58.4 Å². The number of benzene rings is 1. The summed E-state index contributed by atoms with van der Waals surface area (Å²) in [7, 11) is 1.36. The third-order valence-electron chi connectivity index (χ3n) is 3.88. The van der Waals surface area contributed by atoms with Crippen LogP contribution < -0.4 is 4.74 Å². The predicted octanol–water partition coefficient (Wildman–Crippen LogP) is 3.54. The highest BCUT2D eigenvalue weighted by Crippen LogP contribution is 2.16. The van der Waals surface area contributed by atoms with Crippen molar-refractivity contribution in [1.82, 2.24) is 4.90 Å². The summed E-state index contributed by atoms with van der Waals surface area (Å²) in [6, 6.07) is 7.08. The molecular formula is C21H33NO5. The van der Waals surface area contributed by atoms with E-state index in [1.807, 2.05) is 27.7 Å². The zero-order valence-corrected chi connectivity index (χ0v) is 17.4. The smallest absolute Gasteiger partial charge is 0.310 e. The third-order valence-corrected chi connectivity index (χ3v) is 3.88. The average Bonchev–Trinajstić information content (AvgIpc) is 2.62. The molecule has 1 rings (SSSR count). The van der Waals surface area contributed by atoms with Crippen LogP contribution in [0, 0.1) is 5.92 Å². The summed E-state index contributed by atoms with van der Waals surface area (Å²) in [5, 5.41) is 0. The number of carbonyl (C=O) groups is 2. The minimum atomic E-state index is -0.395. The number of rotatable bonds is 11. The maximum Gasteiger partial charge on any atom is 0.310 e. The van der Waals surface area contributed by atoms with E-state index in [-0.39, 0.29) is 24.1 Å². The van der Waals surface area contributed by atoms with Crippen molar-refractivity contribution in [2.24, 2.45) is 5.92 Å². The summed E-state index contributed by atoms with van der Waals surface area (Å²) in [5.74, 6) is -0.117. The molecule has 1 unspecified atom stereocenters. The van der Waals surface area contributed by atoms with Gasteiger partial charge in [0.1, 0.15) is 5.75 Å². The summed E-state index contributed by atoms with van der Waals surface area (Å²) in [6.07, 6.45) is 0.924. The number of carbonyl (C=O) groups excluding carboxylic acids is 2. The van der Waals surface area contributed by atoms with Gasteiger partial charge in [0.15, 0.2) is 0 Å². The number of ether oxygens (including phenoxy) is 3. The highest BCUT2D eigenvalue weighted by Gasteiger charge is 2.22. The molecule has 152 valence electrons. The summed E-state index contributed by atoms with van der Waals surface area (Å²) < 4.78 is 16.0. The molecule has 0 radical (unpaired) electrons. The molecule has 0 heterocycles. The molecule has 6 nitrogen and oxygen atoms in total. The van der Waals surface area contributed by atoms with Crippen LogP contribution in [0.2, 0.25) is 0 Å². The van der Waals surface area contributed by atoms with Crippen molar-refractivity contribution in [3.8, 4) is 5.75 Å². The van der Waals surface area contributed by atoms with Crippen LogP contribution in [0.1, 0.15) is 51.4 Å². The van der Waals surface area contributed by atoms with E-state index in [2.05, 4.69) is 0 Å². The van der Waals surface area contributed by atoms with E-state index >= 15 is 0 Å². The molecule has 0 saturated carbocycles. The maximum absolute atomic E-state index is 12.9. The molecule has 0 aliphatic carbocycles. The van der Waals surface area contributed by atoms with Gasteiger partial charge in [-0.25, -0.2) is 0 Å². The molecule has 0 bridgehead atoms. The van der Waals surface area contributed by atoms with Crippen LogP contribution in [-0.4, -0.2) is 55.8 Å². The second kappa shape index (κ2) is 11.6. The number of esters is 1. The van der Waals surface area contributed by atoms with Gasteiger partial charge in [0.2, 0.25) is 0 Å². The number of hydrogen-bond donors (Lipinski definition) is 0. The van der Waals surface area contributed by atoms with Crippen LogP contribution in [-0.2, 0) is 14.3 Å². The Morgan fingerprint density at radius 2 is 1.63 bits per heavy atom. The summed E-state index contributed by atoms with van der Waals surface area (Å²) in [6.45, 7) is 11.0. The molecule has 0 saturated heterocycles. The SMILES string of the molecule is COC(=O)C(C)CN(CCCOC(C)C)C(=O)c1ccc(OC(C)C)cc1. The van der Waals surface area contributed by atoms with Crippen LogP contribution in [0.4, 0.5) is 0 Å². The fraction of sp³-hybridized carbons (Fsp3) is 0.619. The molecule has 1 atom stereocenters. The normalized spacial score (nSPS) is 12.1. The second-order valence-electron chi connectivity index (χ2n) is 7.14. The van der Waals surface area contributed by atoms with Gasteiger partial charge in [0.05, 0.1) is 25.2 Å². The van der Waals surface area contributed by atoms with E-state index in [1.165, 1.54) is 7.11 Å². The fourth-order valence-corrected chi connectivity index (χ4v) is 2.59. The lowest BCUT2D eigenvalue weighted by Gasteiger charge is -2.25. The van der Waals surface area contributed by atoms with Crippen molar-refractivity contribution in [2.45, 2.75) is 53.2 Å². The molecule has 0 aromatic heterocycles. The Balaban J connectivity index is 2.82. The highest BCUT2D eigenvalue weighted by atomic mass is 16.5. The van der Waals surface area contributed by atoms with Crippen molar-refractivity contribution in [3.05, 3.63) is 29.8 Å². The minimum absolute atomic E-state index is 0.0740. The minimum Gasteiger partial charge on any atom is -0.491 e. The number of nitrogens with zero attached hydrogens (tertiary/aromatic N) is 1. The molecule has 1 aromatic carbocycles. The molecular weight excluding hydrogens is 346 g/mol. The van der Waals surface area contributed by atoms with Crippen LogP contribution in [0.15, 0.2) is 24.3 Å². The zero-order chi connectivity index (χ0) is 20.4. The van der Waals surface area contributed by atoms with Gasteiger partial charge in [-0.15, -0.1) is 0 Å². The lowest BCUT2D eigenvalue weighted by Crippen LogP contribution is -2.38. The molecule has 0 spiro atoms. The van der Waals surface area contributed by atoms with Gasteiger partial charge in [0, 0.05) is 25.3 Å². The predicted molar refractivity (Wildman–Crippen MR) is 105 cm³/mol. The van der Waals surface area contributed by atoms with Crippen LogP contribution in [0.5, 0.6) is 5.75 Å². The van der Waals surface area contributed by atoms with E-state index in [1.54, 1.807) is 36.1 Å². The molecule has 1 amide bonds. The largest absolute Gasteiger partial charge is 0.491 e. The summed E-state index contributed by atoms with van der Waals surface area (Å²) in [5.41, 5.74) is 0.563. The number of amides is 1. The van der Waals surface area contributed by atoms with Gasteiger partial charge in [-0.2, -0.15) is 0 Å². The van der Waals surface area contributed by atoms with E-state index < -0.39 is 5.92 Å². The summed E-state index contributed by atoms with van der Waals surface area (Å²) >= 11 is 0. The average molecular weight is 379 g/mol. The second-order valence-corrected chi connectivity index (χ2v) is 7.14.